The molecular weight excluding hydrogens is 424 g/mol. The molecule has 2 aromatic heterocycles. The molecule has 3 rings (SSSR count). The smallest absolute Gasteiger partial charge is 0.348 e. The number of aromatic nitrogens is 1. The Kier molecular flexibility index (Phi) is 6.94. The topological polar surface area (TPSA) is 79.6 Å². The molecule has 0 radical (unpaired) electrons. The van der Waals surface area contributed by atoms with Gasteiger partial charge in [-0.25, -0.2) is 4.79 Å². The number of amides is 1. The Labute approximate surface area is 192 Å². The summed E-state index contributed by atoms with van der Waals surface area (Å²) in [6.07, 6.45) is 4.95. The van der Waals surface area contributed by atoms with Crippen molar-refractivity contribution in [3.8, 4) is 11.8 Å². The summed E-state index contributed by atoms with van der Waals surface area (Å²) in [5, 5.41) is 9.89. The van der Waals surface area contributed by atoms with Gasteiger partial charge in [-0.2, -0.15) is 0 Å². The molecular formula is C25H30N2O4S. The summed E-state index contributed by atoms with van der Waals surface area (Å²) in [4.78, 5) is 40.7. The van der Waals surface area contributed by atoms with E-state index < -0.39 is 5.97 Å². The number of carboxylic acids is 1. The van der Waals surface area contributed by atoms with Gasteiger partial charge in [-0.1, -0.05) is 18.8 Å². The fourth-order valence-electron chi connectivity index (χ4n) is 3.82. The first kappa shape index (κ1) is 23.8. The molecule has 1 N–H and O–H groups in total. The monoisotopic (exact) mass is 454 g/mol. The average Bonchev–Trinajstić information content (AvgIpc) is 3.14. The maximum Gasteiger partial charge on any atom is 0.348 e. The molecule has 0 atom stereocenters. The minimum absolute atomic E-state index is 0.00615. The summed E-state index contributed by atoms with van der Waals surface area (Å²) in [7, 11) is 1.61. The van der Waals surface area contributed by atoms with Gasteiger partial charge in [0.2, 0.25) is 5.91 Å². The Morgan fingerprint density at radius 2 is 1.84 bits per heavy atom. The van der Waals surface area contributed by atoms with E-state index in [0.29, 0.717) is 10.8 Å². The van der Waals surface area contributed by atoms with Gasteiger partial charge in [0.15, 0.2) is 0 Å². The molecule has 0 saturated heterocycles. The van der Waals surface area contributed by atoms with Gasteiger partial charge in [-0.15, -0.1) is 11.3 Å². The molecule has 1 aliphatic rings. The third kappa shape index (κ3) is 5.31. The maximum atomic E-state index is 13.7. The number of nitrogens with zero attached hydrogens (tertiary/aromatic N) is 2. The number of carbonyl (C=O) groups excluding carboxylic acids is 1. The van der Waals surface area contributed by atoms with E-state index in [4.69, 9.17) is 0 Å². The predicted octanol–water partition coefficient (Wildman–Crippen LogP) is 5.03. The fraction of sp³-hybridized carbons (Fsp3) is 0.480. The Hall–Kier alpha value is -2.85. The molecule has 2 heterocycles. The van der Waals surface area contributed by atoms with Gasteiger partial charge in [-0.05, 0) is 70.6 Å². The van der Waals surface area contributed by atoms with Crippen molar-refractivity contribution >= 4 is 34.6 Å². The molecule has 6 nitrogen and oxygen atoms in total. The molecule has 1 saturated carbocycles. The zero-order valence-corrected chi connectivity index (χ0v) is 20.1. The Morgan fingerprint density at radius 3 is 2.44 bits per heavy atom. The number of rotatable bonds is 4. The van der Waals surface area contributed by atoms with Crippen molar-refractivity contribution in [2.24, 2.45) is 24.3 Å². The van der Waals surface area contributed by atoms with Crippen LogP contribution in [0.15, 0.2) is 29.2 Å². The van der Waals surface area contributed by atoms with Crippen LogP contribution in [0.3, 0.4) is 0 Å². The van der Waals surface area contributed by atoms with E-state index in [-0.39, 0.29) is 39.1 Å². The number of carbonyl (C=O) groups is 2. The van der Waals surface area contributed by atoms with Crippen molar-refractivity contribution in [2.45, 2.75) is 53.4 Å². The molecule has 0 aromatic carbocycles. The van der Waals surface area contributed by atoms with Gasteiger partial charge in [0, 0.05) is 24.6 Å². The second-order valence-electron chi connectivity index (χ2n) is 9.57. The van der Waals surface area contributed by atoms with Gasteiger partial charge in [0.1, 0.15) is 10.6 Å². The van der Waals surface area contributed by atoms with Gasteiger partial charge in [0.25, 0.3) is 5.56 Å². The van der Waals surface area contributed by atoms with E-state index in [1.54, 1.807) is 31.4 Å². The van der Waals surface area contributed by atoms with E-state index in [2.05, 4.69) is 18.8 Å². The standard InChI is InChI=1S/C25H30N2O4S/c1-16-8-10-17(11-9-16)22(28)27(19-7-6-14-26(5)23(19)29)20-15-18(12-13-25(2,3)4)32-21(20)24(30)31/h6-7,14-17H,8-11H2,1-5H3,(H,30,31)/t16-,17-. The third-order valence-electron chi connectivity index (χ3n) is 5.64. The van der Waals surface area contributed by atoms with Gasteiger partial charge in [0.05, 0.1) is 10.6 Å². The van der Waals surface area contributed by atoms with Crippen molar-refractivity contribution in [3.05, 3.63) is 44.5 Å². The van der Waals surface area contributed by atoms with Crippen molar-refractivity contribution < 1.29 is 14.7 Å². The van der Waals surface area contributed by atoms with Gasteiger partial charge < -0.3 is 9.67 Å². The Bertz CT molecular complexity index is 1140. The first-order chi connectivity index (χ1) is 15.0. The molecule has 1 aliphatic carbocycles. The largest absolute Gasteiger partial charge is 0.477 e. The summed E-state index contributed by atoms with van der Waals surface area (Å²) in [6, 6.07) is 4.89. The zero-order chi connectivity index (χ0) is 23.6. The van der Waals surface area contributed by atoms with Crippen molar-refractivity contribution in [1.29, 1.82) is 0 Å². The van der Waals surface area contributed by atoms with Crippen LogP contribution in [0.4, 0.5) is 11.4 Å². The maximum absolute atomic E-state index is 13.7. The first-order valence-corrected chi connectivity index (χ1v) is 11.7. The number of pyridine rings is 1. The van der Waals surface area contributed by atoms with Crippen LogP contribution in [0, 0.1) is 29.1 Å². The number of aryl methyl sites for hydroxylation is 1. The lowest BCUT2D eigenvalue weighted by Crippen LogP contribution is -2.38. The zero-order valence-electron chi connectivity index (χ0n) is 19.3. The highest BCUT2D eigenvalue weighted by Crippen LogP contribution is 2.38. The second kappa shape index (κ2) is 9.33. The quantitative estimate of drug-likeness (QED) is 0.657. The van der Waals surface area contributed by atoms with E-state index >= 15 is 0 Å². The molecule has 1 fully saturated rings. The molecule has 1 amide bonds. The first-order valence-electron chi connectivity index (χ1n) is 10.9. The van der Waals surface area contributed by atoms with E-state index in [1.165, 1.54) is 9.47 Å². The average molecular weight is 455 g/mol. The van der Waals surface area contributed by atoms with Crippen molar-refractivity contribution in [2.75, 3.05) is 4.90 Å². The van der Waals surface area contributed by atoms with Crippen LogP contribution in [0.25, 0.3) is 0 Å². The predicted molar refractivity (Wildman–Crippen MR) is 128 cm³/mol. The molecule has 2 aromatic rings. The molecule has 0 bridgehead atoms. The highest BCUT2D eigenvalue weighted by Gasteiger charge is 2.34. The molecule has 7 heteroatoms. The number of thiophene rings is 1. The minimum atomic E-state index is -1.14. The Morgan fingerprint density at radius 1 is 1.19 bits per heavy atom. The van der Waals surface area contributed by atoms with Crippen LogP contribution in [-0.2, 0) is 11.8 Å². The summed E-state index contributed by atoms with van der Waals surface area (Å²) >= 11 is 1.03. The summed E-state index contributed by atoms with van der Waals surface area (Å²) < 4.78 is 1.39. The van der Waals surface area contributed by atoms with E-state index in [1.807, 2.05) is 20.8 Å². The summed E-state index contributed by atoms with van der Waals surface area (Å²) in [5.74, 6) is 5.10. The van der Waals surface area contributed by atoms with Crippen LogP contribution in [0.5, 0.6) is 0 Å². The van der Waals surface area contributed by atoms with E-state index in [9.17, 15) is 19.5 Å². The lowest BCUT2D eigenvalue weighted by molar-refractivity contribution is -0.122. The van der Waals surface area contributed by atoms with Gasteiger partial charge in [-0.3, -0.25) is 14.5 Å². The van der Waals surface area contributed by atoms with Crippen molar-refractivity contribution in [3.63, 3.8) is 0 Å². The molecule has 170 valence electrons. The highest BCUT2D eigenvalue weighted by molar-refractivity contribution is 7.15. The normalized spacial score (nSPS) is 18.5. The highest BCUT2D eigenvalue weighted by atomic mass is 32.1. The van der Waals surface area contributed by atoms with Crippen LogP contribution >= 0.6 is 11.3 Å². The van der Waals surface area contributed by atoms with Crippen LogP contribution in [0.2, 0.25) is 0 Å². The number of carboxylic acid groups (broad SMARTS) is 1. The molecule has 32 heavy (non-hydrogen) atoms. The van der Waals surface area contributed by atoms with Crippen LogP contribution in [-0.4, -0.2) is 21.6 Å². The summed E-state index contributed by atoms with van der Waals surface area (Å²) in [5.41, 5.74) is -0.228. The number of hydrogen-bond donors (Lipinski definition) is 1. The number of anilines is 2. The third-order valence-corrected chi connectivity index (χ3v) is 6.67. The fourth-order valence-corrected chi connectivity index (χ4v) is 4.66. The van der Waals surface area contributed by atoms with E-state index in [0.717, 1.165) is 37.0 Å². The molecule has 0 spiro atoms. The Balaban J connectivity index is 2.17. The summed E-state index contributed by atoms with van der Waals surface area (Å²) in [6.45, 7) is 8.09. The second-order valence-corrected chi connectivity index (χ2v) is 10.6. The molecule has 0 aliphatic heterocycles. The van der Waals surface area contributed by atoms with Gasteiger partial charge >= 0.3 is 5.97 Å². The number of hydrogen-bond acceptors (Lipinski definition) is 4. The SMILES string of the molecule is Cn1cccc(N(c2cc(C#CC(C)(C)C)sc2C(=O)O)C(=O)[C@H]2CC[C@H](C)CC2)c1=O. The number of aromatic carboxylic acids is 1. The lowest BCUT2D eigenvalue weighted by atomic mass is 9.82. The van der Waals surface area contributed by atoms with Crippen molar-refractivity contribution in [1.82, 2.24) is 4.57 Å². The molecule has 0 unspecified atom stereocenters. The van der Waals surface area contributed by atoms with Crippen LogP contribution in [0.1, 0.15) is 67.9 Å². The van der Waals surface area contributed by atoms with Crippen LogP contribution < -0.4 is 10.5 Å². The minimum Gasteiger partial charge on any atom is -0.477 e. The lowest BCUT2D eigenvalue weighted by Gasteiger charge is -2.30.